The first-order valence-electron chi connectivity index (χ1n) is 6.84. The molecule has 3 N–H and O–H groups in total. The molecule has 0 aromatic carbocycles. The van der Waals surface area contributed by atoms with Crippen LogP contribution in [0.15, 0.2) is 0 Å². The van der Waals surface area contributed by atoms with Crippen LogP contribution in [0.4, 0.5) is 0 Å². The molecule has 3 atom stereocenters. The molecule has 3 nitrogen and oxygen atoms in total. The van der Waals surface area contributed by atoms with E-state index < -0.39 is 0 Å². The predicted molar refractivity (Wildman–Crippen MR) is 71.6 cm³/mol. The highest BCUT2D eigenvalue weighted by Gasteiger charge is 2.34. The van der Waals surface area contributed by atoms with Gasteiger partial charge in [-0.05, 0) is 43.1 Å². The normalized spacial score (nSPS) is 25.5. The Morgan fingerprint density at radius 2 is 2.00 bits per heavy atom. The summed E-state index contributed by atoms with van der Waals surface area (Å²) in [7, 11) is 0. The molecule has 1 fully saturated rings. The van der Waals surface area contributed by atoms with Gasteiger partial charge in [0.2, 0.25) is 5.91 Å². The quantitative estimate of drug-likeness (QED) is 0.748. The number of nitrogens with one attached hydrogen (secondary N) is 1. The molecule has 3 unspecified atom stereocenters. The summed E-state index contributed by atoms with van der Waals surface area (Å²) in [4.78, 5) is 11.7. The number of carbonyl (C=O) groups excluding carboxylic acids is 1. The van der Waals surface area contributed by atoms with Crippen molar-refractivity contribution in [1.82, 2.24) is 5.32 Å². The number of rotatable bonds is 6. The van der Waals surface area contributed by atoms with Gasteiger partial charge in [0.1, 0.15) is 0 Å². The van der Waals surface area contributed by atoms with Gasteiger partial charge >= 0.3 is 0 Å². The van der Waals surface area contributed by atoms with E-state index >= 15 is 0 Å². The van der Waals surface area contributed by atoms with Crippen molar-refractivity contribution in [2.45, 2.75) is 59.4 Å². The summed E-state index contributed by atoms with van der Waals surface area (Å²) in [6.07, 6.45) is 3.76. The van der Waals surface area contributed by atoms with E-state index in [2.05, 4.69) is 33.0 Å². The molecule has 1 saturated carbocycles. The van der Waals surface area contributed by atoms with E-state index in [1.807, 2.05) is 0 Å². The average molecular weight is 240 g/mol. The number of nitrogens with two attached hydrogens (primary N) is 1. The lowest BCUT2D eigenvalue weighted by Crippen LogP contribution is -2.29. The zero-order valence-electron chi connectivity index (χ0n) is 11.8. The van der Waals surface area contributed by atoms with Crippen LogP contribution in [-0.4, -0.2) is 18.5 Å². The van der Waals surface area contributed by atoms with E-state index in [9.17, 15) is 4.79 Å². The van der Waals surface area contributed by atoms with Crippen molar-refractivity contribution in [2.24, 2.45) is 23.0 Å². The third-order valence-corrected chi connectivity index (χ3v) is 3.92. The molecule has 3 heteroatoms. The zero-order chi connectivity index (χ0) is 13.1. The van der Waals surface area contributed by atoms with Gasteiger partial charge in [-0.25, -0.2) is 0 Å². The van der Waals surface area contributed by atoms with Crippen LogP contribution >= 0.6 is 0 Å². The van der Waals surface area contributed by atoms with Crippen LogP contribution < -0.4 is 11.1 Å². The molecule has 0 aromatic heterocycles. The predicted octanol–water partition coefficient (Wildman–Crippen LogP) is 2.30. The Morgan fingerprint density at radius 1 is 1.41 bits per heavy atom. The molecular weight excluding hydrogens is 212 g/mol. The van der Waals surface area contributed by atoms with Crippen molar-refractivity contribution < 1.29 is 4.79 Å². The Kier molecular flexibility index (Phi) is 4.99. The lowest BCUT2D eigenvalue weighted by Gasteiger charge is -2.30. The second-order valence-corrected chi connectivity index (χ2v) is 6.57. The van der Waals surface area contributed by atoms with Gasteiger partial charge in [-0.2, -0.15) is 0 Å². The molecule has 0 aliphatic heterocycles. The van der Waals surface area contributed by atoms with Crippen molar-refractivity contribution in [2.75, 3.05) is 6.54 Å². The van der Waals surface area contributed by atoms with Crippen LogP contribution in [0.1, 0.15) is 53.4 Å². The van der Waals surface area contributed by atoms with Gasteiger partial charge in [0.15, 0.2) is 0 Å². The number of hydrogen-bond donors (Lipinski definition) is 2. The van der Waals surface area contributed by atoms with Crippen molar-refractivity contribution in [3.05, 3.63) is 0 Å². The molecule has 0 bridgehead atoms. The van der Waals surface area contributed by atoms with Gasteiger partial charge in [0, 0.05) is 12.5 Å². The fraction of sp³-hybridized carbons (Fsp3) is 0.929. The van der Waals surface area contributed by atoms with E-state index in [4.69, 9.17) is 5.73 Å². The van der Waals surface area contributed by atoms with Crippen LogP contribution in [0, 0.1) is 17.3 Å². The Morgan fingerprint density at radius 3 is 2.41 bits per heavy atom. The first-order valence-corrected chi connectivity index (χ1v) is 6.84. The first kappa shape index (κ1) is 14.5. The van der Waals surface area contributed by atoms with Gasteiger partial charge in [0.05, 0.1) is 0 Å². The van der Waals surface area contributed by atoms with E-state index in [0.29, 0.717) is 30.8 Å². The van der Waals surface area contributed by atoms with Crippen molar-refractivity contribution in [1.29, 1.82) is 0 Å². The second kappa shape index (κ2) is 5.85. The summed E-state index contributed by atoms with van der Waals surface area (Å²) in [5, 5.41) is 3.08. The van der Waals surface area contributed by atoms with E-state index in [0.717, 1.165) is 19.3 Å². The highest BCUT2D eigenvalue weighted by atomic mass is 16.1. The van der Waals surface area contributed by atoms with E-state index in [1.165, 1.54) is 0 Å². The second-order valence-electron chi connectivity index (χ2n) is 6.57. The summed E-state index contributed by atoms with van der Waals surface area (Å²) in [5.41, 5.74) is 5.88. The fourth-order valence-electron chi connectivity index (χ4n) is 2.32. The van der Waals surface area contributed by atoms with E-state index in [-0.39, 0.29) is 11.3 Å². The highest BCUT2D eigenvalue weighted by Crippen LogP contribution is 2.33. The lowest BCUT2D eigenvalue weighted by molar-refractivity contribution is -0.121. The molecule has 1 aliphatic carbocycles. The molecule has 1 amide bonds. The lowest BCUT2D eigenvalue weighted by atomic mass is 9.76. The summed E-state index contributed by atoms with van der Waals surface area (Å²) in [6, 6.07) is 0.449. The average Bonchev–Trinajstić information content (AvgIpc) is 2.87. The summed E-state index contributed by atoms with van der Waals surface area (Å²) < 4.78 is 0. The standard InChI is InChI=1S/C14H28N2O/c1-10-9-12(10)16-13(17)6-5-11(7-8-15)14(2,3)4/h10-12H,5-9,15H2,1-4H3,(H,16,17). The van der Waals surface area contributed by atoms with Crippen molar-refractivity contribution in [3.8, 4) is 0 Å². The van der Waals surface area contributed by atoms with Crippen LogP contribution in [0.25, 0.3) is 0 Å². The minimum atomic E-state index is 0.214. The summed E-state index contributed by atoms with van der Waals surface area (Å²) in [5.74, 6) is 1.43. The molecule has 17 heavy (non-hydrogen) atoms. The van der Waals surface area contributed by atoms with Crippen LogP contribution in [0.3, 0.4) is 0 Å². The van der Waals surface area contributed by atoms with Gasteiger partial charge in [-0.1, -0.05) is 27.7 Å². The fourth-order valence-corrected chi connectivity index (χ4v) is 2.32. The third kappa shape index (κ3) is 5.07. The summed E-state index contributed by atoms with van der Waals surface area (Å²) in [6.45, 7) is 9.58. The molecule has 100 valence electrons. The molecule has 1 aliphatic rings. The van der Waals surface area contributed by atoms with Crippen LogP contribution in [0.5, 0.6) is 0 Å². The largest absolute Gasteiger partial charge is 0.353 e. The molecule has 0 aromatic rings. The maximum atomic E-state index is 11.7. The Balaban J connectivity index is 2.28. The molecule has 0 saturated heterocycles. The van der Waals surface area contributed by atoms with Crippen molar-refractivity contribution in [3.63, 3.8) is 0 Å². The molecule has 0 radical (unpaired) electrons. The number of hydrogen-bond acceptors (Lipinski definition) is 2. The van der Waals surface area contributed by atoms with Gasteiger partial charge in [-0.3, -0.25) is 4.79 Å². The topological polar surface area (TPSA) is 55.1 Å². The monoisotopic (exact) mass is 240 g/mol. The molecule has 0 heterocycles. The van der Waals surface area contributed by atoms with E-state index in [1.54, 1.807) is 0 Å². The molecule has 1 rings (SSSR count). The van der Waals surface area contributed by atoms with Gasteiger partial charge < -0.3 is 11.1 Å². The minimum absolute atomic E-state index is 0.214. The Bertz CT molecular complexity index is 257. The Hall–Kier alpha value is -0.570. The smallest absolute Gasteiger partial charge is 0.220 e. The third-order valence-electron chi connectivity index (χ3n) is 3.92. The van der Waals surface area contributed by atoms with Gasteiger partial charge in [0.25, 0.3) is 0 Å². The first-order chi connectivity index (χ1) is 7.84. The maximum Gasteiger partial charge on any atom is 0.220 e. The SMILES string of the molecule is CC1CC1NC(=O)CCC(CCN)C(C)(C)C. The molecular formula is C14H28N2O. The maximum absolute atomic E-state index is 11.7. The number of amides is 1. The van der Waals surface area contributed by atoms with Crippen LogP contribution in [-0.2, 0) is 4.79 Å². The summed E-state index contributed by atoms with van der Waals surface area (Å²) >= 11 is 0. The highest BCUT2D eigenvalue weighted by molar-refractivity contribution is 5.76. The molecule has 0 spiro atoms. The number of carbonyl (C=O) groups is 1. The Labute approximate surface area is 106 Å². The minimum Gasteiger partial charge on any atom is -0.353 e. The zero-order valence-corrected chi connectivity index (χ0v) is 11.8. The van der Waals surface area contributed by atoms with Crippen molar-refractivity contribution >= 4 is 5.91 Å². The van der Waals surface area contributed by atoms with Crippen LogP contribution in [0.2, 0.25) is 0 Å². The van der Waals surface area contributed by atoms with Gasteiger partial charge in [-0.15, -0.1) is 0 Å².